The van der Waals surface area contributed by atoms with Gasteiger partial charge in [-0.05, 0) is 67.8 Å². The first-order valence-electron chi connectivity index (χ1n) is 7.98. The lowest BCUT2D eigenvalue weighted by molar-refractivity contribution is 0.416. The van der Waals surface area contributed by atoms with Gasteiger partial charge in [0.1, 0.15) is 5.75 Å². The van der Waals surface area contributed by atoms with Gasteiger partial charge in [0.15, 0.2) is 0 Å². The lowest BCUT2D eigenvalue weighted by atomic mass is 10.00. The number of hydrogen-bond acceptors (Lipinski definition) is 2. The maximum absolute atomic E-state index is 5.68. The van der Waals surface area contributed by atoms with Crippen molar-refractivity contribution in [3.63, 3.8) is 0 Å². The van der Waals surface area contributed by atoms with Crippen LogP contribution in [-0.2, 0) is 6.42 Å². The number of hydrogen-bond donors (Lipinski definition) is 2. The maximum atomic E-state index is 5.68. The molecule has 1 aromatic heterocycles. The summed E-state index contributed by atoms with van der Waals surface area (Å²) >= 11 is 7.16. The fourth-order valence-electron chi connectivity index (χ4n) is 3.03. The highest BCUT2D eigenvalue weighted by atomic mass is 79.9. The first kappa shape index (κ1) is 17.5. The van der Waals surface area contributed by atoms with Crippen LogP contribution in [0.15, 0.2) is 45.3 Å². The molecule has 24 heavy (non-hydrogen) atoms. The molecule has 3 rings (SSSR count). The zero-order valence-electron chi connectivity index (χ0n) is 13.5. The minimum Gasteiger partial charge on any atom is -0.496 e. The fourth-order valence-corrected chi connectivity index (χ4v) is 3.75. The fraction of sp³-hybridized carbons (Fsp3) is 0.263. The number of aromatic amines is 1. The summed E-state index contributed by atoms with van der Waals surface area (Å²) in [6.45, 7) is 0.724. The van der Waals surface area contributed by atoms with Crippen LogP contribution in [0.1, 0.15) is 18.4 Å². The van der Waals surface area contributed by atoms with Gasteiger partial charge >= 0.3 is 0 Å². The Morgan fingerprint density at radius 3 is 2.54 bits per heavy atom. The number of fused-ring (bicyclic) bond motifs is 1. The van der Waals surface area contributed by atoms with Crippen molar-refractivity contribution in [2.24, 2.45) is 5.73 Å². The molecule has 3 nitrogen and oxygen atoms in total. The van der Waals surface area contributed by atoms with E-state index in [4.69, 9.17) is 10.5 Å². The van der Waals surface area contributed by atoms with Crippen LogP contribution in [0, 0.1) is 0 Å². The number of aromatic nitrogens is 1. The molecule has 3 aromatic rings. The van der Waals surface area contributed by atoms with E-state index in [2.05, 4.69) is 61.1 Å². The summed E-state index contributed by atoms with van der Waals surface area (Å²) in [5.74, 6) is 0.865. The van der Waals surface area contributed by atoms with Gasteiger partial charge in [-0.15, -0.1) is 0 Å². The van der Waals surface area contributed by atoms with Crippen molar-refractivity contribution in [2.45, 2.75) is 19.3 Å². The van der Waals surface area contributed by atoms with Crippen LogP contribution in [-0.4, -0.2) is 18.6 Å². The molecular formula is C19H20Br2N2O. The highest BCUT2D eigenvalue weighted by Gasteiger charge is 2.17. The Balaban J connectivity index is 2.19. The second-order valence-electron chi connectivity index (χ2n) is 5.76. The van der Waals surface area contributed by atoms with E-state index in [1.165, 1.54) is 10.9 Å². The van der Waals surface area contributed by atoms with Crippen molar-refractivity contribution in [3.05, 3.63) is 50.9 Å². The smallest absolute Gasteiger partial charge is 0.128 e. The van der Waals surface area contributed by atoms with Crippen molar-refractivity contribution >= 4 is 42.8 Å². The second kappa shape index (κ2) is 7.72. The molecule has 0 saturated heterocycles. The Bertz CT molecular complexity index is 858. The number of nitrogens with one attached hydrogen (secondary N) is 1. The third kappa shape index (κ3) is 3.53. The molecule has 5 heteroatoms. The van der Waals surface area contributed by atoms with Crippen LogP contribution in [0.2, 0.25) is 0 Å². The molecule has 3 N–H and O–H groups in total. The SMILES string of the molecule is COc1ccc(Br)cc1-c1[nH]c2ccc(Br)cc2c1CCCCN. The number of benzene rings is 2. The van der Waals surface area contributed by atoms with Gasteiger partial charge in [0, 0.05) is 25.4 Å². The number of ether oxygens (including phenoxy) is 1. The summed E-state index contributed by atoms with van der Waals surface area (Å²) in [7, 11) is 1.71. The summed E-state index contributed by atoms with van der Waals surface area (Å²) in [4.78, 5) is 3.58. The van der Waals surface area contributed by atoms with Crippen LogP contribution < -0.4 is 10.5 Å². The van der Waals surface area contributed by atoms with Gasteiger partial charge < -0.3 is 15.5 Å². The molecule has 0 radical (unpaired) electrons. The van der Waals surface area contributed by atoms with E-state index >= 15 is 0 Å². The van der Waals surface area contributed by atoms with Gasteiger partial charge in [-0.1, -0.05) is 31.9 Å². The predicted octanol–water partition coefficient (Wildman–Crippen LogP) is 5.65. The van der Waals surface area contributed by atoms with Crippen LogP contribution >= 0.6 is 31.9 Å². The standard InChI is InChI=1S/C19H20Br2N2O/c1-24-18-8-6-13(21)11-16(18)19-14(4-2-3-9-22)15-10-12(20)5-7-17(15)23-19/h5-8,10-11,23H,2-4,9,22H2,1H3. The summed E-state index contributed by atoms with van der Waals surface area (Å²) in [5.41, 5.74) is 10.3. The topological polar surface area (TPSA) is 51.0 Å². The Kier molecular flexibility index (Phi) is 5.64. The van der Waals surface area contributed by atoms with Crippen LogP contribution in [0.5, 0.6) is 5.75 Å². The molecule has 0 aliphatic carbocycles. The molecule has 0 unspecified atom stereocenters. The average Bonchev–Trinajstić information content (AvgIpc) is 2.93. The van der Waals surface area contributed by atoms with Crippen molar-refractivity contribution in [1.29, 1.82) is 0 Å². The predicted molar refractivity (Wildman–Crippen MR) is 108 cm³/mol. The Labute approximate surface area is 158 Å². The normalized spacial score (nSPS) is 11.2. The van der Waals surface area contributed by atoms with Gasteiger partial charge in [-0.25, -0.2) is 0 Å². The van der Waals surface area contributed by atoms with Crippen LogP contribution in [0.25, 0.3) is 22.2 Å². The van der Waals surface area contributed by atoms with Gasteiger partial charge in [0.2, 0.25) is 0 Å². The van der Waals surface area contributed by atoms with Gasteiger partial charge in [0.25, 0.3) is 0 Å². The third-order valence-corrected chi connectivity index (χ3v) is 5.17. The highest BCUT2D eigenvalue weighted by molar-refractivity contribution is 9.10. The Morgan fingerprint density at radius 1 is 1.04 bits per heavy atom. The lowest BCUT2D eigenvalue weighted by Crippen LogP contribution is -1.99. The van der Waals surface area contributed by atoms with Crippen LogP contribution in [0.4, 0.5) is 0 Å². The average molecular weight is 452 g/mol. The molecule has 1 heterocycles. The minimum absolute atomic E-state index is 0.724. The number of halogens is 2. The molecule has 0 saturated carbocycles. The van der Waals surface area contributed by atoms with Gasteiger partial charge in [-0.2, -0.15) is 0 Å². The number of H-pyrrole nitrogens is 1. The molecule has 0 fully saturated rings. The van der Waals surface area contributed by atoms with E-state index < -0.39 is 0 Å². The van der Waals surface area contributed by atoms with E-state index in [1.807, 2.05) is 12.1 Å². The molecule has 0 atom stereocenters. The first-order chi connectivity index (χ1) is 11.6. The third-order valence-electron chi connectivity index (χ3n) is 4.18. The van der Waals surface area contributed by atoms with E-state index in [0.29, 0.717) is 0 Å². The number of aryl methyl sites for hydroxylation is 1. The quantitative estimate of drug-likeness (QED) is 0.475. The summed E-state index contributed by atoms with van der Waals surface area (Å²) in [6, 6.07) is 12.4. The summed E-state index contributed by atoms with van der Waals surface area (Å²) in [5, 5.41) is 1.25. The maximum Gasteiger partial charge on any atom is 0.128 e. The van der Waals surface area contributed by atoms with E-state index in [-0.39, 0.29) is 0 Å². The largest absolute Gasteiger partial charge is 0.496 e. The summed E-state index contributed by atoms with van der Waals surface area (Å²) < 4.78 is 7.70. The molecular weight excluding hydrogens is 432 g/mol. The molecule has 0 amide bonds. The Hall–Kier alpha value is -1.30. The first-order valence-corrected chi connectivity index (χ1v) is 9.56. The van der Waals surface area contributed by atoms with Crippen LogP contribution in [0.3, 0.4) is 0 Å². The van der Waals surface area contributed by atoms with Gasteiger partial charge in [-0.3, -0.25) is 0 Å². The zero-order valence-corrected chi connectivity index (χ0v) is 16.7. The number of rotatable bonds is 6. The van der Waals surface area contributed by atoms with E-state index in [1.54, 1.807) is 7.11 Å². The highest BCUT2D eigenvalue weighted by Crippen LogP contribution is 2.38. The van der Waals surface area contributed by atoms with Crippen molar-refractivity contribution in [3.8, 4) is 17.0 Å². The Morgan fingerprint density at radius 2 is 1.79 bits per heavy atom. The van der Waals surface area contributed by atoms with E-state index in [0.717, 1.165) is 57.3 Å². The summed E-state index contributed by atoms with van der Waals surface area (Å²) in [6.07, 6.45) is 3.08. The van der Waals surface area contributed by atoms with Crippen molar-refractivity contribution < 1.29 is 4.74 Å². The van der Waals surface area contributed by atoms with E-state index in [9.17, 15) is 0 Å². The molecule has 126 valence electrons. The molecule has 0 aliphatic rings. The van der Waals surface area contributed by atoms with Gasteiger partial charge in [0.05, 0.1) is 12.8 Å². The molecule has 0 spiro atoms. The zero-order chi connectivity index (χ0) is 17.1. The molecule has 0 aliphatic heterocycles. The molecule has 0 bridgehead atoms. The van der Waals surface area contributed by atoms with Crippen molar-refractivity contribution in [2.75, 3.05) is 13.7 Å². The van der Waals surface area contributed by atoms with Crippen molar-refractivity contribution in [1.82, 2.24) is 4.98 Å². The monoisotopic (exact) mass is 450 g/mol. The lowest BCUT2D eigenvalue weighted by Gasteiger charge is -2.10. The number of nitrogens with two attached hydrogens (primary N) is 1. The number of methoxy groups -OCH3 is 1. The number of unbranched alkanes of at least 4 members (excludes halogenated alkanes) is 1. The minimum atomic E-state index is 0.724. The second-order valence-corrected chi connectivity index (χ2v) is 7.59. The molecule has 2 aromatic carbocycles.